The third kappa shape index (κ3) is 3.51. The molecule has 2 aromatic rings. The van der Waals surface area contributed by atoms with Crippen molar-refractivity contribution in [1.29, 1.82) is 0 Å². The number of hydrogen-bond acceptors (Lipinski definition) is 4. The molecule has 28 heavy (non-hydrogen) atoms. The van der Waals surface area contributed by atoms with E-state index in [0.29, 0.717) is 24.5 Å². The van der Waals surface area contributed by atoms with E-state index >= 15 is 0 Å². The Kier molecular flexibility index (Phi) is 4.87. The van der Waals surface area contributed by atoms with Gasteiger partial charge in [-0.2, -0.15) is 0 Å². The lowest BCUT2D eigenvalue weighted by molar-refractivity contribution is -0.127. The molecule has 146 valence electrons. The minimum Gasteiger partial charge on any atom is -0.349 e. The third-order valence-electron chi connectivity index (χ3n) is 6.00. The van der Waals surface area contributed by atoms with Crippen molar-refractivity contribution in [3.05, 3.63) is 53.3 Å². The van der Waals surface area contributed by atoms with Crippen LogP contribution in [-0.2, 0) is 4.79 Å². The standard InChI is InChI=1S/C22H26N4O2/c1-15-5-3-6-17(13-15)19(27)25-18-7-4-9-22(14-18)10-12-26(20(22)28)21-23-11-8-16(2)24-21/h3,5-6,8,11,13,18H,4,7,9-10,12,14H2,1-2H3,(H,25,27). The van der Waals surface area contributed by atoms with Crippen molar-refractivity contribution >= 4 is 17.8 Å². The van der Waals surface area contributed by atoms with Gasteiger partial charge in [0.15, 0.2) is 0 Å². The van der Waals surface area contributed by atoms with E-state index in [0.717, 1.165) is 36.9 Å². The molecule has 1 saturated heterocycles. The number of aryl methyl sites for hydroxylation is 2. The monoisotopic (exact) mass is 378 g/mol. The molecule has 2 unspecified atom stereocenters. The summed E-state index contributed by atoms with van der Waals surface area (Å²) in [6, 6.07) is 9.45. The van der Waals surface area contributed by atoms with Crippen molar-refractivity contribution in [2.45, 2.75) is 52.0 Å². The highest BCUT2D eigenvalue weighted by Crippen LogP contribution is 2.45. The predicted molar refractivity (Wildman–Crippen MR) is 107 cm³/mol. The van der Waals surface area contributed by atoms with Crippen LogP contribution in [0.25, 0.3) is 0 Å². The first-order valence-corrected chi connectivity index (χ1v) is 9.96. The highest BCUT2D eigenvalue weighted by atomic mass is 16.2. The number of benzene rings is 1. The maximum Gasteiger partial charge on any atom is 0.251 e. The van der Waals surface area contributed by atoms with Crippen LogP contribution in [-0.4, -0.2) is 34.4 Å². The summed E-state index contributed by atoms with van der Waals surface area (Å²) in [4.78, 5) is 36.4. The van der Waals surface area contributed by atoms with E-state index in [1.807, 2.05) is 44.2 Å². The smallest absolute Gasteiger partial charge is 0.251 e. The van der Waals surface area contributed by atoms with Gasteiger partial charge in [0.2, 0.25) is 11.9 Å². The first-order valence-electron chi connectivity index (χ1n) is 9.96. The van der Waals surface area contributed by atoms with Gasteiger partial charge >= 0.3 is 0 Å². The molecule has 1 aromatic carbocycles. The summed E-state index contributed by atoms with van der Waals surface area (Å²) in [6.07, 6.45) is 5.89. The summed E-state index contributed by atoms with van der Waals surface area (Å²) >= 11 is 0. The molecular weight excluding hydrogens is 352 g/mol. The zero-order chi connectivity index (χ0) is 19.7. The lowest BCUT2D eigenvalue weighted by Crippen LogP contribution is -2.46. The average Bonchev–Trinajstić information content (AvgIpc) is 2.97. The SMILES string of the molecule is Cc1cccc(C(=O)NC2CCCC3(CCN(c4nccc(C)n4)C3=O)C2)c1. The maximum atomic E-state index is 13.3. The van der Waals surface area contributed by atoms with Gasteiger partial charge < -0.3 is 5.32 Å². The Morgan fingerprint density at radius 1 is 1.25 bits per heavy atom. The predicted octanol–water partition coefficient (Wildman–Crippen LogP) is 3.19. The molecule has 1 aliphatic carbocycles. The topological polar surface area (TPSA) is 75.2 Å². The molecule has 4 rings (SSSR count). The Morgan fingerprint density at radius 2 is 2.11 bits per heavy atom. The van der Waals surface area contributed by atoms with E-state index in [-0.39, 0.29) is 17.9 Å². The molecule has 0 bridgehead atoms. The van der Waals surface area contributed by atoms with Gasteiger partial charge in [-0.15, -0.1) is 0 Å². The van der Waals surface area contributed by atoms with E-state index in [2.05, 4.69) is 15.3 Å². The number of carbonyl (C=O) groups excluding carboxylic acids is 2. The van der Waals surface area contributed by atoms with Crippen LogP contribution in [0, 0.1) is 19.3 Å². The van der Waals surface area contributed by atoms with Gasteiger partial charge in [0.05, 0.1) is 5.41 Å². The Balaban J connectivity index is 1.47. The molecule has 1 N–H and O–H groups in total. The molecule has 1 aromatic heterocycles. The van der Waals surface area contributed by atoms with Gasteiger partial charge in [-0.3, -0.25) is 14.5 Å². The number of aromatic nitrogens is 2. The van der Waals surface area contributed by atoms with Crippen LogP contribution in [0.5, 0.6) is 0 Å². The molecule has 1 spiro atoms. The number of rotatable bonds is 3. The van der Waals surface area contributed by atoms with Gasteiger partial charge in [-0.1, -0.05) is 24.1 Å². The van der Waals surface area contributed by atoms with Crippen LogP contribution in [0.1, 0.15) is 53.7 Å². The van der Waals surface area contributed by atoms with E-state index in [9.17, 15) is 9.59 Å². The van der Waals surface area contributed by atoms with Crippen molar-refractivity contribution < 1.29 is 9.59 Å². The van der Waals surface area contributed by atoms with Crippen LogP contribution in [0.4, 0.5) is 5.95 Å². The maximum absolute atomic E-state index is 13.3. The average molecular weight is 378 g/mol. The van der Waals surface area contributed by atoms with Gasteiger partial charge in [-0.05, 0) is 57.7 Å². The first-order chi connectivity index (χ1) is 13.5. The van der Waals surface area contributed by atoms with Crippen LogP contribution in [0.3, 0.4) is 0 Å². The zero-order valence-corrected chi connectivity index (χ0v) is 16.4. The molecule has 2 heterocycles. The summed E-state index contributed by atoms with van der Waals surface area (Å²) in [5.41, 5.74) is 2.18. The van der Waals surface area contributed by atoms with Crippen molar-refractivity contribution in [3.63, 3.8) is 0 Å². The van der Waals surface area contributed by atoms with Gasteiger partial charge in [0.25, 0.3) is 5.91 Å². The Morgan fingerprint density at radius 3 is 2.89 bits per heavy atom. The molecule has 2 amide bonds. The summed E-state index contributed by atoms with van der Waals surface area (Å²) in [5, 5.41) is 3.16. The molecule has 6 heteroatoms. The third-order valence-corrected chi connectivity index (χ3v) is 6.00. The van der Waals surface area contributed by atoms with E-state index in [1.54, 1.807) is 11.1 Å². The van der Waals surface area contributed by atoms with Crippen molar-refractivity contribution in [1.82, 2.24) is 15.3 Å². The number of anilines is 1. The van der Waals surface area contributed by atoms with Crippen molar-refractivity contribution in [2.75, 3.05) is 11.4 Å². The second-order valence-corrected chi connectivity index (χ2v) is 8.12. The molecule has 2 aliphatic rings. The quantitative estimate of drug-likeness (QED) is 0.890. The summed E-state index contributed by atoms with van der Waals surface area (Å²) in [7, 11) is 0. The normalized spacial score (nSPS) is 24.6. The number of nitrogens with one attached hydrogen (secondary N) is 1. The fourth-order valence-corrected chi connectivity index (χ4v) is 4.54. The fourth-order valence-electron chi connectivity index (χ4n) is 4.54. The summed E-state index contributed by atoms with van der Waals surface area (Å²) in [5.74, 6) is 0.537. The summed E-state index contributed by atoms with van der Waals surface area (Å²) < 4.78 is 0. The zero-order valence-electron chi connectivity index (χ0n) is 16.4. The Labute approximate surface area is 165 Å². The number of carbonyl (C=O) groups is 2. The highest BCUT2D eigenvalue weighted by Gasteiger charge is 2.50. The molecule has 1 aliphatic heterocycles. The minimum atomic E-state index is -0.407. The molecule has 1 saturated carbocycles. The largest absolute Gasteiger partial charge is 0.349 e. The van der Waals surface area contributed by atoms with Gasteiger partial charge in [-0.25, -0.2) is 9.97 Å². The Bertz CT molecular complexity index is 913. The summed E-state index contributed by atoms with van der Waals surface area (Å²) in [6.45, 7) is 4.52. The molecule has 0 radical (unpaired) electrons. The van der Waals surface area contributed by atoms with Gasteiger partial charge in [0, 0.05) is 30.0 Å². The Hall–Kier alpha value is -2.76. The van der Waals surface area contributed by atoms with Gasteiger partial charge in [0.1, 0.15) is 0 Å². The second-order valence-electron chi connectivity index (χ2n) is 8.12. The fraction of sp³-hybridized carbons (Fsp3) is 0.455. The van der Waals surface area contributed by atoms with Crippen LogP contribution >= 0.6 is 0 Å². The van der Waals surface area contributed by atoms with E-state index in [4.69, 9.17) is 0 Å². The van der Waals surface area contributed by atoms with Crippen LogP contribution in [0.2, 0.25) is 0 Å². The van der Waals surface area contributed by atoms with E-state index in [1.165, 1.54) is 0 Å². The van der Waals surface area contributed by atoms with Crippen LogP contribution < -0.4 is 10.2 Å². The number of nitrogens with zero attached hydrogens (tertiary/aromatic N) is 3. The highest BCUT2D eigenvalue weighted by molar-refractivity contribution is 5.99. The van der Waals surface area contributed by atoms with Crippen LogP contribution in [0.15, 0.2) is 36.5 Å². The molecule has 6 nitrogen and oxygen atoms in total. The van der Waals surface area contributed by atoms with Crippen molar-refractivity contribution in [3.8, 4) is 0 Å². The molecular formula is C22H26N4O2. The van der Waals surface area contributed by atoms with E-state index < -0.39 is 5.41 Å². The molecule has 2 atom stereocenters. The minimum absolute atomic E-state index is 0.0177. The first kappa shape index (κ1) is 18.6. The number of amides is 2. The second kappa shape index (κ2) is 7.34. The lowest BCUT2D eigenvalue weighted by atomic mass is 9.71. The lowest BCUT2D eigenvalue weighted by Gasteiger charge is -2.36. The van der Waals surface area contributed by atoms with Crippen molar-refractivity contribution in [2.24, 2.45) is 5.41 Å². The molecule has 2 fully saturated rings. The number of hydrogen-bond donors (Lipinski definition) is 1.